The molecule has 1 saturated heterocycles. The number of nitrogen functional groups attached to an aromatic ring is 1. The van der Waals surface area contributed by atoms with Crippen molar-refractivity contribution in [3.8, 4) is 22.8 Å². The van der Waals surface area contributed by atoms with Crippen LogP contribution in [-0.2, 0) is 4.79 Å². The molecule has 3 heterocycles. The van der Waals surface area contributed by atoms with Gasteiger partial charge in [-0.1, -0.05) is 43.5 Å². The molecule has 1 amide bonds. The first-order valence-corrected chi connectivity index (χ1v) is 14.2. The average molecular weight is 538 g/mol. The Kier molecular flexibility index (Phi) is 7.72. The van der Waals surface area contributed by atoms with E-state index in [0.717, 1.165) is 41.1 Å². The van der Waals surface area contributed by atoms with Gasteiger partial charge in [0.1, 0.15) is 29.3 Å². The second-order valence-electron chi connectivity index (χ2n) is 10.6. The minimum atomic E-state index is 0.00366. The molecule has 9 heteroatoms. The topological polar surface area (TPSA) is 111 Å². The summed E-state index contributed by atoms with van der Waals surface area (Å²) in [6, 6.07) is 18.0. The van der Waals surface area contributed by atoms with Gasteiger partial charge < -0.3 is 20.7 Å². The van der Waals surface area contributed by atoms with E-state index >= 15 is 0 Å². The minimum Gasteiger partial charge on any atom is -0.457 e. The van der Waals surface area contributed by atoms with Gasteiger partial charge in [-0.3, -0.25) is 4.79 Å². The summed E-state index contributed by atoms with van der Waals surface area (Å²) in [6.07, 6.45) is 12.3. The Morgan fingerprint density at radius 2 is 1.77 bits per heavy atom. The lowest BCUT2D eigenvalue weighted by Gasteiger charge is -2.22. The molecule has 6 rings (SSSR count). The molecule has 2 fully saturated rings. The van der Waals surface area contributed by atoms with Crippen LogP contribution in [0.25, 0.3) is 22.3 Å². The molecule has 1 aliphatic carbocycles. The van der Waals surface area contributed by atoms with Crippen molar-refractivity contribution in [2.24, 2.45) is 0 Å². The number of amides is 1. The third kappa shape index (κ3) is 5.70. The number of ether oxygens (including phenoxy) is 1. The highest BCUT2D eigenvalue weighted by Gasteiger charge is 2.30. The zero-order chi connectivity index (χ0) is 27.3. The SMILES string of the molecule is Nc1ncnc2c1c(-c1ccc(Oc3ccccc3)cc1)nn2C1CCN(C(=O)/C=C/CNC2CCCCC2)C1. The maximum atomic E-state index is 12.9. The predicted octanol–water partition coefficient (Wildman–Crippen LogP) is 5.12. The van der Waals surface area contributed by atoms with Crippen LogP contribution in [0.4, 0.5) is 5.82 Å². The Hall–Kier alpha value is -4.24. The monoisotopic (exact) mass is 537 g/mol. The first-order valence-electron chi connectivity index (χ1n) is 14.2. The highest BCUT2D eigenvalue weighted by Crippen LogP contribution is 2.35. The molecule has 1 atom stereocenters. The molecule has 3 N–H and O–H groups in total. The summed E-state index contributed by atoms with van der Waals surface area (Å²) in [7, 11) is 0. The minimum absolute atomic E-state index is 0.00366. The molecule has 1 unspecified atom stereocenters. The standard InChI is InChI=1S/C31H35N7O2/c32-30-28-29(22-13-15-26(16-14-22)40-25-10-5-2-6-11-25)36-38(31(28)35-21-34-30)24-17-19-37(20-24)27(39)12-7-18-33-23-8-3-1-4-9-23/h2,5-7,10-16,21,23-24,33H,1,3-4,8-9,17-20H2,(H2,32,34,35)/b12-7+. The van der Waals surface area contributed by atoms with Crippen molar-refractivity contribution < 1.29 is 9.53 Å². The third-order valence-corrected chi connectivity index (χ3v) is 7.84. The van der Waals surface area contributed by atoms with Gasteiger partial charge in [-0.25, -0.2) is 14.6 Å². The van der Waals surface area contributed by atoms with Gasteiger partial charge in [-0.15, -0.1) is 0 Å². The summed E-state index contributed by atoms with van der Waals surface area (Å²) in [5.74, 6) is 1.93. The van der Waals surface area contributed by atoms with Crippen molar-refractivity contribution in [2.45, 2.75) is 50.6 Å². The quantitative estimate of drug-likeness (QED) is 0.300. The molecule has 2 aliphatic rings. The van der Waals surface area contributed by atoms with Crippen molar-refractivity contribution in [1.82, 2.24) is 30.0 Å². The highest BCUT2D eigenvalue weighted by atomic mass is 16.5. The number of para-hydroxylation sites is 1. The van der Waals surface area contributed by atoms with E-state index in [1.807, 2.05) is 70.3 Å². The third-order valence-electron chi connectivity index (χ3n) is 7.84. The number of rotatable bonds is 8. The summed E-state index contributed by atoms with van der Waals surface area (Å²) in [5.41, 5.74) is 8.62. The molecule has 9 nitrogen and oxygen atoms in total. The van der Waals surface area contributed by atoms with Crippen LogP contribution >= 0.6 is 0 Å². The maximum absolute atomic E-state index is 12.9. The van der Waals surface area contributed by atoms with E-state index in [-0.39, 0.29) is 11.9 Å². The largest absolute Gasteiger partial charge is 0.457 e. The lowest BCUT2D eigenvalue weighted by Crippen LogP contribution is -2.31. The molecule has 0 radical (unpaired) electrons. The molecule has 2 aromatic carbocycles. The molecule has 1 saturated carbocycles. The van der Waals surface area contributed by atoms with Crippen molar-refractivity contribution in [3.05, 3.63) is 73.1 Å². The Morgan fingerprint density at radius 3 is 2.58 bits per heavy atom. The first kappa shape index (κ1) is 26.0. The number of hydrogen-bond donors (Lipinski definition) is 2. The van der Waals surface area contributed by atoms with Gasteiger partial charge in [0.25, 0.3) is 0 Å². The van der Waals surface area contributed by atoms with E-state index in [2.05, 4.69) is 15.3 Å². The second kappa shape index (κ2) is 11.9. The molecule has 206 valence electrons. The number of nitrogens with one attached hydrogen (secondary N) is 1. The molecule has 1 aliphatic heterocycles. The Balaban J connectivity index is 1.16. The van der Waals surface area contributed by atoms with Gasteiger partial charge in [0.05, 0.1) is 11.4 Å². The lowest BCUT2D eigenvalue weighted by atomic mass is 9.95. The van der Waals surface area contributed by atoms with Gasteiger partial charge in [0.15, 0.2) is 5.65 Å². The molecular formula is C31H35N7O2. The normalized spacial score (nSPS) is 18.1. The summed E-state index contributed by atoms with van der Waals surface area (Å²) >= 11 is 0. The number of aromatic nitrogens is 4. The average Bonchev–Trinajstić information content (AvgIpc) is 3.63. The highest BCUT2D eigenvalue weighted by molar-refractivity contribution is 5.98. The zero-order valence-electron chi connectivity index (χ0n) is 22.6. The van der Waals surface area contributed by atoms with Crippen molar-refractivity contribution in [3.63, 3.8) is 0 Å². The van der Waals surface area contributed by atoms with E-state index in [1.165, 1.54) is 38.4 Å². The molecule has 0 spiro atoms. The van der Waals surface area contributed by atoms with E-state index in [9.17, 15) is 4.79 Å². The van der Waals surface area contributed by atoms with Gasteiger partial charge in [0, 0.05) is 37.3 Å². The molecule has 0 bridgehead atoms. The number of likely N-dealkylation sites (tertiary alicyclic amines) is 1. The fourth-order valence-corrected chi connectivity index (χ4v) is 5.71. The summed E-state index contributed by atoms with van der Waals surface area (Å²) in [5, 5.41) is 9.24. The first-order chi connectivity index (χ1) is 19.7. The number of anilines is 1. The van der Waals surface area contributed by atoms with Crippen LogP contribution in [0.5, 0.6) is 11.5 Å². The summed E-state index contributed by atoms with van der Waals surface area (Å²) < 4.78 is 7.86. The number of fused-ring (bicyclic) bond motifs is 1. The number of carbonyl (C=O) groups excluding carboxylic acids is 1. The van der Waals surface area contributed by atoms with Gasteiger partial charge >= 0.3 is 0 Å². The second-order valence-corrected chi connectivity index (χ2v) is 10.6. The van der Waals surface area contributed by atoms with Crippen LogP contribution in [0, 0.1) is 0 Å². The fourth-order valence-electron chi connectivity index (χ4n) is 5.71. The zero-order valence-corrected chi connectivity index (χ0v) is 22.6. The number of nitrogens with two attached hydrogens (primary N) is 1. The van der Waals surface area contributed by atoms with Crippen LogP contribution < -0.4 is 15.8 Å². The lowest BCUT2D eigenvalue weighted by molar-refractivity contribution is -0.125. The van der Waals surface area contributed by atoms with Gasteiger partial charge in [-0.2, -0.15) is 5.10 Å². The number of carbonyl (C=O) groups is 1. The van der Waals surface area contributed by atoms with Crippen LogP contribution in [-0.4, -0.2) is 56.2 Å². The van der Waals surface area contributed by atoms with Crippen LogP contribution in [0.1, 0.15) is 44.6 Å². The van der Waals surface area contributed by atoms with E-state index in [4.69, 9.17) is 15.6 Å². The van der Waals surface area contributed by atoms with Crippen molar-refractivity contribution >= 4 is 22.8 Å². The van der Waals surface area contributed by atoms with Gasteiger partial charge in [0.2, 0.25) is 5.91 Å². The Labute approximate surface area is 234 Å². The Morgan fingerprint density at radius 1 is 1.00 bits per heavy atom. The van der Waals surface area contributed by atoms with Crippen molar-refractivity contribution in [1.29, 1.82) is 0 Å². The fraction of sp³-hybridized carbons (Fsp3) is 0.355. The number of benzene rings is 2. The summed E-state index contributed by atoms with van der Waals surface area (Å²) in [6.45, 7) is 1.97. The smallest absolute Gasteiger partial charge is 0.246 e. The molecule has 4 aromatic rings. The van der Waals surface area contributed by atoms with E-state index < -0.39 is 0 Å². The molecule has 2 aromatic heterocycles. The summed E-state index contributed by atoms with van der Waals surface area (Å²) in [4.78, 5) is 23.6. The maximum Gasteiger partial charge on any atom is 0.246 e. The van der Waals surface area contributed by atoms with Gasteiger partial charge in [-0.05, 0) is 55.7 Å². The number of nitrogens with zero attached hydrogens (tertiary/aromatic N) is 5. The van der Waals surface area contributed by atoms with E-state index in [0.29, 0.717) is 30.6 Å². The van der Waals surface area contributed by atoms with Crippen molar-refractivity contribution in [2.75, 3.05) is 25.4 Å². The van der Waals surface area contributed by atoms with Crippen LogP contribution in [0.2, 0.25) is 0 Å². The number of hydrogen-bond acceptors (Lipinski definition) is 7. The Bertz CT molecular complexity index is 1480. The molecule has 40 heavy (non-hydrogen) atoms. The molecular weight excluding hydrogens is 502 g/mol. The van der Waals surface area contributed by atoms with E-state index in [1.54, 1.807) is 6.08 Å². The predicted molar refractivity (Wildman–Crippen MR) is 156 cm³/mol. The van der Waals surface area contributed by atoms with Crippen LogP contribution in [0.3, 0.4) is 0 Å². The van der Waals surface area contributed by atoms with Crippen LogP contribution in [0.15, 0.2) is 73.1 Å².